The van der Waals surface area contributed by atoms with Gasteiger partial charge in [0.1, 0.15) is 0 Å². The Balaban J connectivity index is 1.76. The van der Waals surface area contributed by atoms with Crippen molar-refractivity contribution in [1.82, 2.24) is 15.1 Å². The van der Waals surface area contributed by atoms with E-state index in [0.717, 1.165) is 39.0 Å². The number of hydrogen-bond donors (Lipinski definition) is 2. The number of hydrogen-bond acceptors (Lipinski definition) is 3. The number of aliphatic hydroxyl groups is 1. The van der Waals surface area contributed by atoms with Crippen molar-refractivity contribution in [2.45, 2.75) is 58.4 Å². The number of nitrogens with zero attached hydrogens (tertiary/aromatic N) is 2. The van der Waals surface area contributed by atoms with Crippen LogP contribution in [-0.4, -0.2) is 66.3 Å². The van der Waals surface area contributed by atoms with Gasteiger partial charge in [0.25, 0.3) is 0 Å². The van der Waals surface area contributed by atoms with Gasteiger partial charge in [-0.25, -0.2) is 4.79 Å². The summed E-state index contributed by atoms with van der Waals surface area (Å²) in [6, 6.07) is 0.293. The van der Waals surface area contributed by atoms with Crippen LogP contribution in [-0.2, 0) is 0 Å². The van der Waals surface area contributed by atoms with E-state index in [1.165, 1.54) is 25.8 Å². The Morgan fingerprint density at radius 3 is 2.78 bits per heavy atom. The van der Waals surface area contributed by atoms with E-state index in [0.29, 0.717) is 18.3 Å². The van der Waals surface area contributed by atoms with Crippen molar-refractivity contribution in [2.24, 2.45) is 11.8 Å². The van der Waals surface area contributed by atoms with Crippen LogP contribution in [0.25, 0.3) is 0 Å². The molecule has 5 nitrogen and oxygen atoms in total. The lowest BCUT2D eigenvalue weighted by atomic mass is 9.97. The van der Waals surface area contributed by atoms with Gasteiger partial charge in [0, 0.05) is 38.8 Å². The van der Waals surface area contributed by atoms with Crippen molar-refractivity contribution in [2.75, 3.05) is 39.3 Å². The molecule has 134 valence electrons. The van der Waals surface area contributed by atoms with Crippen LogP contribution >= 0.6 is 0 Å². The number of urea groups is 1. The molecule has 0 aliphatic carbocycles. The van der Waals surface area contributed by atoms with Crippen molar-refractivity contribution in [1.29, 1.82) is 0 Å². The first kappa shape index (κ1) is 18.5. The summed E-state index contributed by atoms with van der Waals surface area (Å²) in [6.45, 7) is 9.80. The minimum atomic E-state index is 0.0733. The third-order valence-electron chi connectivity index (χ3n) is 5.12. The van der Waals surface area contributed by atoms with Gasteiger partial charge in [0.2, 0.25) is 0 Å². The molecule has 2 saturated heterocycles. The molecule has 2 atom stereocenters. The molecular weight excluding hydrogens is 290 g/mol. The average Bonchev–Trinajstić information content (AvgIpc) is 2.53. The average molecular weight is 325 g/mol. The third-order valence-corrected chi connectivity index (χ3v) is 5.12. The molecular formula is C18H35N3O2. The van der Waals surface area contributed by atoms with E-state index in [2.05, 4.69) is 24.1 Å². The first-order valence-electron chi connectivity index (χ1n) is 9.47. The highest BCUT2D eigenvalue weighted by molar-refractivity contribution is 5.74. The maximum atomic E-state index is 12.5. The topological polar surface area (TPSA) is 55.8 Å². The minimum Gasteiger partial charge on any atom is -0.396 e. The molecule has 2 aliphatic heterocycles. The molecule has 0 bridgehead atoms. The number of likely N-dealkylation sites (tertiary alicyclic amines) is 2. The lowest BCUT2D eigenvalue weighted by Gasteiger charge is -2.37. The van der Waals surface area contributed by atoms with Crippen molar-refractivity contribution in [3.8, 4) is 0 Å². The van der Waals surface area contributed by atoms with Crippen LogP contribution in [0.5, 0.6) is 0 Å². The van der Waals surface area contributed by atoms with E-state index in [4.69, 9.17) is 0 Å². The fourth-order valence-corrected chi connectivity index (χ4v) is 4.05. The van der Waals surface area contributed by atoms with Crippen molar-refractivity contribution >= 4 is 6.03 Å². The predicted octanol–water partition coefficient (Wildman–Crippen LogP) is 2.30. The van der Waals surface area contributed by atoms with E-state index in [-0.39, 0.29) is 18.7 Å². The van der Waals surface area contributed by atoms with Crippen LogP contribution in [0.1, 0.15) is 52.4 Å². The van der Waals surface area contributed by atoms with Gasteiger partial charge in [-0.15, -0.1) is 0 Å². The van der Waals surface area contributed by atoms with Gasteiger partial charge in [-0.05, 0) is 56.9 Å². The fraction of sp³-hybridized carbons (Fsp3) is 0.944. The molecule has 2 unspecified atom stereocenters. The molecule has 2 N–H and O–H groups in total. The smallest absolute Gasteiger partial charge is 0.317 e. The molecule has 0 aromatic carbocycles. The summed E-state index contributed by atoms with van der Waals surface area (Å²) in [5, 5.41) is 12.4. The van der Waals surface area contributed by atoms with E-state index in [9.17, 15) is 9.90 Å². The van der Waals surface area contributed by atoms with E-state index in [1.807, 2.05) is 4.90 Å². The molecule has 0 radical (unpaired) electrons. The summed E-state index contributed by atoms with van der Waals surface area (Å²) < 4.78 is 0. The molecule has 2 rings (SSSR count). The molecule has 2 fully saturated rings. The second kappa shape index (κ2) is 9.48. The van der Waals surface area contributed by atoms with E-state index in [1.54, 1.807) is 0 Å². The monoisotopic (exact) mass is 325 g/mol. The Kier molecular flexibility index (Phi) is 7.63. The highest BCUT2D eigenvalue weighted by atomic mass is 16.3. The largest absolute Gasteiger partial charge is 0.396 e. The zero-order valence-electron chi connectivity index (χ0n) is 15.0. The van der Waals surface area contributed by atoms with Gasteiger partial charge in [-0.1, -0.05) is 13.8 Å². The van der Waals surface area contributed by atoms with Gasteiger partial charge in [0.15, 0.2) is 0 Å². The van der Waals surface area contributed by atoms with Crippen molar-refractivity contribution < 1.29 is 9.90 Å². The summed E-state index contributed by atoms with van der Waals surface area (Å²) in [4.78, 5) is 17.0. The minimum absolute atomic E-state index is 0.0733. The number of carbonyl (C=O) groups excluding carboxylic acids is 1. The van der Waals surface area contributed by atoms with Gasteiger partial charge < -0.3 is 20.2 Å². The predicted molar refractivity (Wildman–Crippen MR) is 93.4 cm³/mol. The van der Waals surface area contributed by atoms with E-state index >= 15 is 0 Å². The molecule has 0 aromatic heterocycles. The third kappa shape index (κ3) is 5.96. The zero-order chi connectivity index (χ0) is 16.7. The Morgan fingerprint density at radius 2 is 2.04 bits per heavy atom. The van der Waals surface area contributed by atoms with Crippen LogP contribution in [0.15, 0.2) is 0 Å². The lowest BCUT2D eigenvalue weighted by molar-refractivity contribution is 0.125. The number of aliphatic hydroxyl groups excluding tert-OH is 1. The molecule has 23 heavy (non-hydrogen) atoms. The molecule has 0 saturated carbocycles. The van der Waals surface area contributed by atoms with E-state index < -0.39 is 0 Å². The maximum absolute atomic E-state index is 12.5. The quantitative estimate of drug-likeness (QED) is 0.788. The molecule has 0 spiro atoms. The number of nitrogens with one attached hydrogen (secondary N) is 1. The van der Waals surface area contributed by atoms with Crippen LogP contribution in [0.4, 0.5) is 4.79 Å². The van der Waals surface area contributed by atoms with Crippen LogP contribution in [0.2, 0.25) is 0 Å². The fourth-order valence-electron chi connectivity index (χ4n) is 4.05. The van der Waals surface area contributed by atoms with Crippen LogP contribution in [0.3, 0.4) is 0 Å². The maximum Gasteiger partial charge on any atom is 0.317 e. The van der Waals surface area contributed by atoms with Gasteiger partial charge in [-0.2, -0.15) is 0 Å². The Morgan fingerprint density at radius 1 is 1.22 bits per heavy atom. The second-order valence-corrected chi connectivity index (χ2v) is 7.70. The molecule has 2 heterocycles. The number of amides is 2. The first-order valence-corrected chi connectivity index (χ1v) is 9.47. The summed E-state index contributed by atoms with van der Waals surface area (Å²) in [5.41, 5.74) is 0. The summed E-state index contributed by atoms with van der Waals surface area (Å²) >= 11 is 0. The van der Waals surface area contributed by atoms with Crippen LogP contribution in [0, 0.1) is 11.8 Å². The number of rotatable bonds is 6. The van der Waals surface area contributed by atoms with Crippen LogP contribution < -0.4 is 5.32 Å². The SMILES string of the molecule is CC(C)CN1CCCC(CNC(=O)N2CCCCC2CCO)C1. The normalized spacial score (nSPS) is 26.5. The summed E-state index contributed by atoms with van der Waals surface area (Å²) in [5.74, 6) is 1.28. The first-order chi connectivity index (χ1) is 11.1. The molecule has 2 amide bonds. The number of carbonyl (C=O) groups is 1. The Labute approximate surface area is 141 Å². The molecule has 2 aliphatic rings. The lowest BCUT2D eigenvalue weighted by Crippen LogP contribution is -2.51. The highest BCUT2D eigenvalue weighted by Crippen LogP contribution is 2.20. The second-order valence-electron chi connectivity index (χ2n) is 7.70. The molecule has 0 aromatic rings. The summed E-state index contributed by atoms with van der Waals surface area (Å²) in [6.07, 6.45) is 6.44. The number of piperidine rings is 2. The van der Waals surface area contributed by atoms with Crippen molar-refractivity contribution in [3.63, 3.8) is 0 Å². The van der Waals surface area contributed by atoms with Gasteiger partial charge >= 0.3 is 6.03 Å². The van der Waals surface area contributed by atoms with Gasteiger partial charge in [0.05, 0.1) is 0 Å². The zero-order valence-corrected chi connectivity index (χ0v) is 15.0. The standard InChI is InChI=1S/C18H35N3O2/c1-15(2)13-20-9-5-6-16(14-20)12-19-18(23)21-10-4-3-7-17(21)8-11-22/h15-17,22H,3-14H2,1-2H3,(H,19,23). The Bertz CT molecular complexity index is 360. The highest BCUT2D eigenvalue weighted by Gasteiger charge is 2.27. The Hall–Kier alpha value is -0.810. The summed E-state index contributed by atoms with van der Waals surface area (Å²) in [7, 11) is 0. The molecule has 5 heteroatoms. The van der Waals surface area contributed by atoms with Gasteiger partial charge in [-0.3, -0.25) is 0 Å². The van der Waals surface area contributed by atoms with Crippen molar-refractivity contribution in [3.05, 3.63) is 0 Å².